The quantitative estimate of drug-likeness (QED) is 0.666. The van der Waals surface area contributed by atoms with Crippen molar-refractivity contribution in [3.8, 4) is 0 Å². The van der Waals surface area contributed by atoms with Crippen LogP contribution in [0.1, 0.15) is 65.7 Å². The number of rotatable bonds is 8. The van der Waals surface area contributed by atoms with Crippen LogP contribution >= 0.6 is 0 Å². The van der Waals surface area contributed by atoms with Crippen molar-refractivity contribution in [2.75, 3.05) is 6.54 Å². The van der Waals surface area contributed by atoms with E-state index in [9.17, 15) is 0 Å². The molecular formula is C16H31N. The highest BCUT2D eigenvalue weighted by Crippen LogP contribution is 2.59. The molecule has 3 unspecified atom stereocenters. The first kappa shape index (κ1) is 13.4. The molecule has 0 aromatic carbocycles. The Balaban J connectivity index is 1.73. The molecule has 1 N–H and O–H groups in total. The third-order valence-electron chi connectivity index (χ3n) is 4.89. The zero-order chi connectivity index (χ0) is 12.3. The summed E-state index contributed by atoms with van der Waals surface area (Å²) in [6.07, 6.45) is 10.1. The molecule has 2 aliphatic carbocycles. The summed E-state index contributed by atoms with van der Waals surface area (Å²) in [7, 11) is 0. The lowest BCUT2D eigenvalue weighted by atomic mass is 9.96. The Hall–Kier alpha value is -0.0400. The smallest absolute Gasteiger partial charge is 0.0101 e. The van der Waals surface area contributed by atoms with Crippen molar-refractivity contribution in [3.05, 3.63) is 0 Å². The van der Waals surface area contributed by atoms with Gasteiger partial charge in [-0.1, -0.05) is 40.0 Å². The lowest BCUT2D eigenvalue weighted by Crippen LogP contribution is -2.33. The normalized spacial score (nSPS) is 32.8. The fourth-order valence-corrected chi connectivity index (χ4v) is 3.98. The zero-order valence-electron chi connectivity index (χ0n) is 12.0. The van der Waals surface area contributed by atoms with E-state index in [-0.39, 0.29) is 0 Å². The van der Waals surface area contributed by atoms with Gasteiger partial charge in [-0.3, -0.25) is 0 Å². The van der Waals surface area contributed by atoms with Crippen molar-refractivity contribution < 1.29 is 0 Å². The van der Waals surface area contributed by atoms with E-state index in [0.29, 0.717) is 0 Å². The number of hydrogen-bond donors (Lipinski definition) is 1. The van der Waals surface area contributed by atoms with Crippen LogP contribution in [0.5, 0.6) is 0 Å². The summed E-state index contributed by atoms with van der Waals surface area (Å²) in [4.78, 5) is 0. The fourth-order valence-electron chi connectivity index (χ4n) is 3.98. The van der Waals surface area contributed by atoms with Crippen LogP contribution in [-0.2, 0) is 0 Å². The van der Waals surface area contributed by atoms with Crippen LogP contribution in [0.15, 0.2) is 0 Å². The average molecular weight is 237 g/mol. The van der Waals surface area contributed by atoms with Crippen LogP contribution in [0.2, 0.25) is 0 Å². The van der Waals surface area contributed by atoms with Gasteiger partial charge in [0.2, 0.25) is 0 Å². The van der Waals surface area contributed by atoms with E-state index >= 15 is 0 Å². The van der Waals surface area contributed by atoms with Crippen LogP contribution in [-0.4, -0.2) is 12.6 Å². The van der Waals surface area contributed by atoms with Gasteiger partial charge in [-0.15, -0.1) is 0 Å². The molecule has 0 heterocycles. The monoisotopic (exact) mass is 237 g/mol. The van der Waals surface area contributed by atoms with Crippen molar-refractivity contribution in [2.24, 2.45) is 23.7 Å². The molecule has 0 bridgehead atoms. The van der Waals surface area contributed by atoms with E-state index < -0.39 is 0 Å². The maximum atomic E-state index is 3.83. The van der Waals surface area contributed by atoms with Crippen molar-refractivity contribution in [3.63, 3.8) is 0 Å². The minimum Gasteiger partial charge on any atom is -0.314 e. The van der Waals surface area contributed by atoms with Gasteiger partial charge in [0.25, 0.3) is 0 Å². The minimum absolute atomic E-state index is 0.851. The molecule has 1 nitrogen and oxygen atoms in total. The molecule has 1 heteroatoms. The molecule has 0 aromatic heterocycles. The average Bonchev–Trinajstić information content (AvgIpc) is 2.77. The molecular weight excluding hydrogens is 206 g/mol. The van der Waals surface area contributed by atoms with Crippen LogP contribution in [0, 0.1) is 23.7 Å². The molecule has 2 aliphatic rings. The Morgan fingerprint density at radius 1 is 1.12 bits per heavy atom. The number of hydrogen-bond acceptors (Lipinski definition) is 1. The molecule has 0 aromatic rings. The largest absolute Gasteiger partial charge is 0.314 e. The van der Waals surface area contributed by atoms with Gasteiger partial charge in [-0.25, -0.2) is 0 Å². The minimum atomic E-state index is 0.851. The highest BCUT2D eigenvalue weighted by molar-refractivity contribution is 5.06. The van der Waals surface area contributed by atoms with Gasteiger partial charge in [0.05, 0.1) is 0 Å². The van der Waals surface area contributed by atoms with Crippen molar-refractivity contribution >= 4 is 0 Å². The molecule has 0 aliphatic heterocycles. The van der Waals surface area contributed by atoms with Crippen LogP contribution in [0.4, 0.5) is 0 Å². The molecule has 100 valence electrons. The van der Waals surface area contributed by atoms with Gasteiger partial charge in [-0.2, -0.15) is 0 Å². The highest BCUT2D eigenvalue weighted by Gasteiger charge is 2.55. The van der Waals surface area contributed by atoms with E-state index in [4.69, 9.17) is 0 Å². The summed E-state index contributed by atoms with van der Waals surface area (Å²) in [6.45, 7) is 8.20. The number of fused-ring (bicyclic) bond motifs is 1. The van der Waals surface area contributed by atoms with Gasteiger partial charge in [0, 0.05) is 6.04 Å². The molecule has 2 saturated carbocycles. The highest BCUT2D eigenvalue weighted by atomic mass is 14.9. The molecule has 2 fully saturated rings. The first-order valence-corrected chi connectivity index (χ1v) is 7.97. The first-order valence-electron chi connectivity index (χ1n) is 7.97. The Morgan fingerprint density at radius 2 is 1.82 bits per heavy atom. The second-order valence-electron chi connectivity index (χ2n) is 6.72. The Bertz CT molecular complexity index is 214. The molecule has 0 spiro atoms. The molecule has 0 radical (unpaired) electrons. The first-order chi connectivity index (χ1) is 8.24. The Kier molecular flexibility index (Phi) is 4.90. The summed E-state index contributed by atoms with van der Waals surface area (Å²) in [5, 5.41) is 3.83. The van der Waals surface area contributed by atoms with E-state index in [1.54, 1.807) is 0 Å². The predicted molar refractivity (Wildman–Crippen MR) is 75.1 cm³/mol. The summed E-state index contributed by atoms with van der Waals surface area (Å²) in [6, 6.07) is 0.851. The number of nitrogens with one attached hydrogen (secondary N) is 1. The van der Waals surface area contributed by atoms with Gasteiger partial charge in [0.15, 0.2) is 0 Å². The van der Waals surface area contributed by atoms with Crippen molar-refractivity contribution in [2.45, 2.75) is 71.8 Å². The molecule has 0 saturated heterocycles. The van der Waals surface area contributed by atoms with Gasteiger partial charge < -0.3 is 5.32 Å². The Labute approximate surface area is 108 Å². The van der Waals surface area contributed by atoms with Gasteiger partial charge >= 0.3 is 0 Å². The second-order valence-corrected chi connectivity index (χ2v) is 6.72. The molecule has 2 rings (SSSR count). The summed E-state index contributed by atoms with van der Waals surface area (Å²) in [5.41, 5.74) is 0. The van der Waals surface area contributed by atoms with Crippen LogP contribution < -0.4 is 5.32 Å². The summed E-state index contributed by atoms with van der Waals surface area (Å²) >= 11 is 0. The topological polar surface area (TPSA) is 12.0 Å². The standard InChI is InChI=1S/C16H31N/c1-4-11-17-15(10-5-7-12(2)3)16-13-8-6-9-14(13)16/h12-17H,4-11H2,1-3H3. The molecule has 0 amide bonds. The Morgan fingerprint density at radius 3 is 2.41 bits per heavy atom. The summed E-state index contributed by atoms with van der Waals surface area (Å²) < 4.78 is 0. The van der Waals surface area contributed by atoms with Crippen LogP contribution in [0.3, 0.4) is 0 Å². The maximum absolute atomic E-state index is 3.83. The zero-order valence-corrected chi connectivity index (χ0v) is 12.0. The predicted octanol–water partition coefficient (Wildman–Crippen LogP) is 4.23. The van der Waals surface area contributed by atoms with E-state index in [2.05, 4.69) is 26.1 Å². The fraction of sp³-hybridized carbons (Fsp3) is 1.00. The SMILES string of the molecule is CCCNC(CCCC(C)C)C1C2CCCC21. The van der Waals surface area contributed by atoms with Crippen molar-refractivity contribution in [1.29, 1.82) is 0 Å². The van der Waals surface area contributed by atoms with Crippen molar-refractivity contribution in [1.82, 2.24) is 5.32 Å². The second kappa shape index (κ2) is 6.22. The third-order valence-corrected chi connectivity index (χ3v) is 4.89. The van der Waals surface area contributed by atoms with E-state index in [1.807, 2.05) is 0 Å². The summed E-state index contributed by atoms with van der Waals surface area (Å²) in [5.74, 6) is 4.16. The van der Waals surface area contributed by atoms with Gasteiger partial charge in [-0.05, 0) is 55.9 Å². The van der Waals surface area contributed by atoms with E-state index in [1.165, 1.54) is 51.5 Å². The van der Waals surface area contributed by atoms with E-state index in [0.717, 1.165) is 29.7 Å². The van der Waals surface area contributed by atoms with Gasteiger partial charge in [0.1, 0.15) is 0 Å². The molecule has 3 atom stereocenters. The van der Waals surface area contributed by atoms with Crippen LogP contribution in [0.25, 0.3) is 0 Å². The lowest BCUT2D eigenvalue weighted by Gasteiger charge is -2.21. The lowest BCUT2D eigenvalue weighted by molar-refractivity contribution is 0.365. The maximum Gasteiger partial charge on any atom is 0.0101 e. The third kappa shape index (κ3) is 3.47. The molecule has 17 heavy (non-hydrogen) atoms.